The van der Waals surface area contributed by atoms with E-state index in [1.54, 1.807) is 0 Å². The van der Waals surface area contributed by atoms with E-state index < -0.39 is 18.7 Å². The molecule has 5 nitrogen and oxygen atoms in total. The molecule has 2 heterocycles. The summed E-state index contributed by atoms with van der Waals surface area (Å²) in [5, 5.41) is 32.4. The van der Waals surface area contributed by atoms with E-state index in [9.17, 15) is 15.3 Å². The monoisotopic (exact) mass is 250 g/mol. The summed E-state index contributed by atoms with van der Waals surface area (Å²) in [5.74, 6) is 0. The van der Waals surface area contributed by atoms with E-state index in [4.69, 9.17) is 0 Å². The van der Waals surface area contributed by atoms with Crippen molar-refractivity contribution in [3.8, 4) is 0 Å². The molecule has 0 aromatic heterocycles. The zero-order valence-electron chi connectivity index (χ0n) is 10.0. The molecule has 4 atom stereocenters. The zero-order valence-corrected chi connectivity index (χ0v) is 10.0. The maximum absolute atomic E-state index is 10.3. The van der Waals surface area contributed by atoms with Gasteiger partial charge in [-0.25, -0.2) is 0 Å². The van der Waals surface area contributed by atoms with E-state index in [0.29, 0.717) is 19.4 Å². The molecular formula is C13H18N2O3. The lowest BCUT2D eigenvalue weighted by molar-refractivity contribution is -0.104. The van der Waals surface area contributed by atoms with Gasteiger partial charge in [-0.15, -0.1) is 0 Å². The molecular weight excluding hydrogens is 232 g/mol. The minimum Gasteiger partial charge on any atom is -0.379 e. The SMILES string of the molecule is OC1CCC(N2Cc3ccccc3C2O)C(O)N1. The van der Waals surface area contributed by atoms with Crippen LogP contribution in [0.3, 0.4) is 0 Å². The highest BCUT2D eigenvalue weighted by Crippen LogP contribution is 2.35. The summed E-state index contributed by atoms with van der Waals surface area (Å²) in [6, 6.07) is 7.60. The summed E-state index contributed by atoms with van der Waals surface area (Å²) in [5.41, 5.74) is 2.01. The molecule has 1 aromatic rings. The number of nitrogens with zero attached hydrogens (tertiary/aromatic N) is 1. The fraction of sp³-hybridized carbons (Fsp3) is 0.538. The van der Waals surface area contributed by atoms with Crippen LogP contribution in [0.25, 0.3) is 0 Å². The van der Waals surface area contributed by atoms with Gasteiger partial charge in [0.15, 0.2) is 0 Å². The molecule has 5 heteroatoms. The molecule has 0 saturated carbocycles. The number of hydrogen-bond donors (Lipinski definition) is 4. The van der Waals surface area contributed by atoms with Crippen LogP contribution in [0.4, 0.5) is 0 Å². The van der Waals surface area contributed by atoms with E-state index in [0.717, 1.165) is 11.1 Å². The molecule has 0 aliphatic carbocycles. The number of nitrogens with one attached hydrogen (secondary N) is 1. The van der Waals surface area contributed by atoms with Crippen LogP contribution in [-0.2, 0) is 6.54 Å². The van der Waals surface area contributed by atoms with Gasteiger partial charge >= 0.3 is 0 Å². The number of rotatable bonds is 1. The minimum absolute atomic E-state index is 0.171. The van der Waals surface area contributed by atoms with Gasteiger partial charge in [-0.3, -0.25) is 10.2 Å². The molecule has 4 N–H and O–H groups in total. The molecule has 2 aliphatic heterocycles. The van der Waals surface area contributed by atoms with E-state index in [2.05, 4.69) is 5.32 Å². The predicted molar refractivity (Wildman–Crippen MR) is 65.1 cm³/mol. The van der Waals surface area contributed by atoms with E-state index >= 15 is 0 Å². The Hall–Kier alpha value is -0.980. The number of fused-ring (bicyclic) bond motifs is 1. The number of piperidine rings is 1. The van der Waals surface area contributed by atoms with Gasteiger partial charge in [0.1, 0.15) is 18.7 Å². The summed E-state index contributed by atoms with van der Waals surface area (Å²) in [4.78, 5) is 1.88. The number of benzene rings is 1. The van der Waals surface area contributed by atoms with Crippen molar-refractivity contribution in [1.82, 2.24) is 10.2 Å². The third kappa shape index (κ3) is 1.94. The molecule has 1 saturated heterocycles. The highest BCUT2D eigenvalue weighted by molar-refractivity contribution is 5.32. The van der Waals surface area contributed by atoms with Gasteiger partial charge in [0.2, 0.25) is 0 Å². The first kappa shape index (κ1) is 12.1. The second-order valence-electron chi connectivity index (χ2n) is 5.02. The molecule has 3 rings (SSSR count). The van der Waals surface area contributed by atoms with Crippen LogP contribution in [0.5, 0.6) is 0 Å². The standard InChI is InChI=1S/C13H18N2O3/c16-11-6-5-10(12(17)14-11)15-7-8-3-1-2-4-9(8)13(15)18/h1-4,10-14,16-18H,5-7H2. The Morgan fingerprint density at radius 2 is 1.89 bits per heavy atom. The van der Waals surface area contributed by atoms with E-state index in [-0.39, 0.29) is 6.04 Å². The molecule has 4 unspecified atom stereocenters. The Bertz CT molecular complexity index is 440. The average Bonchev–Trinajstić information content (AvgIpc) is 2.68. The van der Waals surface area contributed by atoms with Crippen LogP contribution < -0.4 is 5.32 Å². The van der Waals surface area contributed by atoms with Crippen molar-refractivity contribution < 1.29 is 15.3 Å². The first-order chi connectivity index (χ1) is 8.66. The Morgan fingerprint density at radius 1 is 1.11 bits per heavy atom. The highest BCUT2D eigenvalue weighted by Gasteiger charge is 2.39. The second-order valence-corrected chi connectivity index (χ2v) is 5.02. The average molecular weight is 250 g/mol. The predicted octanol–water partition coefficient (Wildman–Crippen LogP) is -0.118. The molecule has 0 amide bonds. The molecule has 1 aromatic carbocycles. The Kier molecular flexibility index (Phi) is 3.09. The van der Waals surface area contributed by atoms with Crippen molar-refractivity contribution in [3.05, 3.63) is 35.4 Å². The van der Waals surface area contributed by atoms with Crippen LogP contribution in [0.1, 0.15) is 30.2 Å². The van der Waals surface area contributed by atoms with Crippen molar-refractivity contribution in [2.45, 2.75) is 44.1 Å². The topological polar surface area (TPSA) is 76.0 Å². The number of aliphatic hydroxyl groups is 3. The first-order valence-electron chi connectivity index (χ1n) is 6.30. The fourth-order valence-corrected chi connectivity index (χ4v) is 2.92. The van der Waals surface area contributed by atoms with Crippen LogP contribution in [-0.4, -0.2) is 38.7 Å². The van der Waals surface area contributed by atoms with Crippen LogP contribution in [0.2, 0.25) is 0 Å². The minimum atomic E-state index is -0.808. The molecule has 2 aliphatic rings. The first-order valence-corrected chi connectivity index (χ1v) is 6.30. The molecule has 0 radical (unpaired) electrons. The number of aliphatic hydroxyl groups excluding tert-OH is 3. The van der Waals surface area contributed by atoms with Crippen molar-refractivity contribution in [2.75, 3.05) is 0 Å². The molecule has 98 valence electrons. The Balaban J connectivity index is 1.80. The lowest BCUT2D eigenvalue weighted by Gasteiger charge is -2.39. The van der Waals surface area contributed by atoms with Gasteiger partial charge in [-0.2, -0.15) is 0 Å². The smallest absolute Gasteiger partial charge is 0.134 e. The molecule has 0 spiro atoms. The van der Waals surface area contributed by atoms with Crippen molar-refractivity contribution in [2.24, 2.45) is 0 Å². The highest BCUT2D eigenvalue weighted by atomic mass is 16.3. The maximum Gasteiger partial charge on any atom is 0.134 e. The largest absolute Gasteiger partial charge is 0.379 e. The van der Waals surface area contributed by atoms with E-state index in [1.165, 1.54) is 0 Å². The Morgan fingerprint density at radius 3 is 2.61 bits per heavy atom. The summed E-state index contributed by atoms with van der Waals surface area (Å²) in [6.45, 7) is 0.636. The van der Waals surface area contributed by atoms with Crippen LogP contribution >= 0.6 is 0 Å². The maximum atomic E-state index is 10.3. The molecule has 18 heavy (non-hydrogen) atoms. The summed E-state index contributed by atoms with van der Waals surface area (Å²) >= 11 is 0. The van der Waals surface area contributed by atoms with E-state index in [1.807, 2.05) is 29.2 Å². The van der Waals surface area contributed by atoms with Crippen LogP contribution in [0, 0.1) is 0 Å². The summed E-state index contributed by atoms with van der Waals surface area (Å²) in [6.07, 6.45) is -0.879. The third-order valence-electron chi connectivity index (χ3n) is 3.89. The molecule has 1 fully saturated rings. The van der Waals surface area contributed by atoms with Crippen LogP contribution in [0.15, 0.2) is 24.3 Å². The van der Waals surface area contributed by atoms with Crippen molar-refractivity contribution in [3.63, 3.8) is 0 Å². The van der Waals surface area contributed by atoms with Gasteiger partial charge in [0.05, 0.1) is 6.04 Å². The summed E-state index contributed by atoms with van der Waals surface area (Å²) < 4.78 is 0. The van der Waals surface area contributed by atoms with Gasteiger partial charge in [-0.05, 0) is 24.0 Å². The quantitative estimate of drug-likeness (QED) is 0.559. The van der Waals surface area contributed by atoms with Gasteiger partial charge in [0.25, 0.3) is 0 Å². The number of hydrogen-bond acceptors (Lipinski definition) is 5. The summed E-state index contributed by atoms with van der Waals surface area (Å²) in [7, 11) is 0. The lowest BCUT2D eigenvalue weighted by Crippen LogP contribution is -2.56. The Labute approximate surface area is 106 Å². The molecule has 0 bridgehead atoms. The zero-order chi connectivity index (χ0) is 12.7. The van der Waals surface area contributed by atoms with Gasteiger partial charge < -0.3 is 15.3 Å². The second kappa shape index (κ2) is 4.60. The third-order valence-corrected chi connectivity index (χ3v) is 3.89. The van der Waals surface area contributed by atoms with Gasteiger partial charge in [0, 0.05) is 6.54 Å². The van der Waals surface area contributed by atoms with Gasteiger partial charge in [-0.1, -0.05) is 24.3 Å². The fourth-order valence-electron chi connectivity index (χ4n) is 2.92. The van der Waals surface area contributed by atoms with Crippen molar-refractivity contribution in [1.29, 1.82) is 0 Å². The normalized spacial score (nSPS) is 36.6. The lowest BCUT2D eigenvalue weighted by atomic mass is 10.0. The van der Waals surface area contributed by atoms with Crippen molar-refractivity contribution >= 4 is 0 Å².